The van der Waals surface area contributed by atoms with E-state index >= 15 is 0 Å². The highest BCUT2D eigenvalue weighted by Gasteiger charge is 2.03. The van der Waals surface area contributed by atoms with Crippen LogP contribution in [0.3, 0.4) is 0 Å². The minimum absolute atomic E-state index is 0.719. The van der Waals surface area contributed by atoms with Crippen LogP contribution in [0.25, 0.3) is 0 Å². The number of anilines is 1. The van der Waals surface area contributed by atoms with Crippen LogP contribution in [0.15, 0.2) is 48.5 Å². The van der Waals surface area contributed by atoms with Crippen LogP contribution in [0.5, 0.6) is 17.2 Å². The summed E-state index contributed by atoms with van der Waals surface area (Å²) in [6.07, 6.45) is 0. The van der Waals surface area contributed by atoms with Gasteiger partial charge in [-0.15, -0.1) is 0 Å². The Morgan fingerprint density at radius 3 is 2.22 bits per heavy atom. The lowest BCUT2D eigenvalue weighted by molar-refractivity contribution is 0.379. The Balaban J connectivity index is 2.13. The third-order valence-electron chi connectivity index (χ3n) is 2.53. The quantitative estimate of drug-likeness (QED) is 0.863. The summed E-state index contributed by atoms with van der Waals surface area (Å²) in [6, 6.07) is 15.5. The molecule has 0 aliphatic heterocycles. The number of hydrogen-bond acceptors (Lipinski definition) is 3. The average Bonchev–Trinajstić information content (AvgIpc) is 2.42. The molecule has 0 atom stereocenters. The molecule has 18 heavy (non-hydrogen) atoms. The van der Waals surface area contributed by atoms with Crippen LogP contribution in [0, 0.1) is 0 Å². The Morgan fingerprint density at radius 2 is 1.61 bits per heavy atom. The zero-order valence-electron chi connectivity index (χ0n) is 10.6. The lowest BCUT2D eigenvalue weighted by atomic mass is 10.3. The number of ether oxygens (including phenoxy) is 2. The van der Waals surface area contributed by atoms with E-state index in [-0.39, 0.29) is 0 Å². The summed E-state index contributed by atoms with van der Waals surface area (Å²) in [5.41, 5.74) is 1.09. The predicted octanol–water partition coefficient (Wildman–Crippen LogP) is 3.92. The van der Waals surface area contributed by atoms with E-state index < -0.39 is 0 Å². The smallest absolute Gasteiger partial charge is 0.169 e. The summed E-state index contributed by atoms with van der Waals surface area (Å²) in [7, 11) is 1.64. The number of benzene rings is 2. The van der Waals surface area contributed by atoms with Crippen molar-refractivity contribution in [2.45, 2.75) is 6.92 Å². The lowest BCUT2D eigenvalue weighted by Crippen LogP contribution is -1.95. The van der Waals surface area contributed by atoms with Crippen LogP contribution in [0.1, 0.15) is 6.92 Å². The zero-order valence-corrected chi connectivity index (χ0v) is 10.6. The Bertz CT molecular complexity index is 494. The van der Waals surface area contributed by atoms with Gasteiger partial charge >= 0.3 is 0 Å². The van der Waals surface area contributed by atoms with E-state index in [2.05, 4.69) is 12.2 Å². The fourth-order valence-corrected chi connectivity index (χ4v) is 1.68. The minimum Gasteiger partial charge on any atom is -0.493 e. The molecule has 0 fully saturated rings. The van der Waals surface area contributed by atoms with E-state index in [0.717, 1.165) is 29.5 Å². The maximum absolute atomic E-state index is 5.78. The van der Waals surface area contributed by atoms with Gasteiger partial charge in [-0.1, -0.05) is 12.1 Å². The summed E-state index contributed by atoms with van der Waals surface area (Å²) in [5, 5.41) is 3.24. The Kier molecular flexibility index (Phi) is 4.07. The fraction of sp³-hybridized carbons (Fsp3) is 0.200. The van der Waals surface area contributed by atoms with E-state index in [1.807, 2.05) is 48.5 Å². The number of methoxy groups -OCH3 is 1. The van der Waals surface area contributed by atoms with Crippen LogP contribution in [0.2, 0.25) is 0 Å². The van der Waals surface area contributed by atoms with Gasteiger partial charge in [-0.05, 0) is 43.3 Å². The SMILES string of the molecule is CCNc1ccc(Oc2ccccc2OC)cc1. The van der Waals surface area contributed by atoms with Gasteiger partial charge in [0.2, 0.25) is 0 Å². The zero-order chi connectivity index (χ0) is 12.8. The van der Waals surface area contributed by atoms with Gasteiger partial charge in [-0.3, -0.25) is 0 Å². The van der Waals surface area contributed by atoms with Crippen molar-refractivity contribution in [3.05, 3.63) is 48.5 Å². The van der Waals surface area contributed by atoms with E-state index in [0.29, 0.717) is 0 Å². The lowest BCUT2D eigenvalue weighted by Gasteiger charge is -2.10. The van der Waals surface area contributed by atoms with Crippen molar-refractivity contribution in [3.63, 3.8) is 0 Å². The van der Waals surface area contributed by atoms with Crippen LogP contribution in [-0.4, -0.2) is 13.7 Å². The molecule has 1 N–H and O–H groups in total. The van der Waals surface area contributed by atoms with Crippen molar-refractivity contribution in [1.82, 2.24) is 0 Å². The largest absolute Gasteiger partial charge is 0.493 e. The molecule has 94 valence electrons. The van der Waals surface area contributed by atoms with Crippen molar-refractivity contribution in [1.29, 1.82) is 0 Å². The molecule has 0 bridgehead atoms. The maximum Gasteiger partial charge on any atom is 0.169 e. The van der Waals surface area contributed by atoms with Gasteiger partial charge in [-0.25, -0.2) is 0 Å². The topological polar surface area (TPSA) is 30.5 Å². The molecule has 0 spiro atoms. The van der Waals surface area contributed by atoms with Crippen LogP contribution in [-0.2, 0) is 0 Å². The summed E-state index contributed by atoms with van der Waals surface area (Å²) in [4.78, 5) is 0. The average molecular weight is 243 g/mol. The number of hydrogen-bond donors (Lipinski definition) is 1. The Morgan fingerprint density at radius 1 is 0.944 bits per heavy atom. The molecular formula is C15H17NO2. The van der Waals surface area contributed by atoms with Crippen LogP contribution in [0.4, 0.5) is 5.69 Å². The standard InChI is InChI=1S/C15H17NO2/c1-3-16-12-8-10-13(11-9-12)18-15-7-5-4-6-14(15)17-2/h4-11,16H,3H2,1-2H3. The summed E-state index contributed by atoms with van der Waals surface area (Å²) in [6.45, 7) is 2.98. The van der Waals surface area contributed by atoms with E-state index in [4.69, 9.17) is 9.47 Å². The third-order valence-corrected chi connectivity index (χ3v) is 2.53. The molecule has 0 saturated carbocycles. The highest BCUT2D eigenvalue weighted by molar-refractivity contribution is 5.48. The first-order chi connectivity index (χ1) is 8.83. The molecule has 3 nitrogen and oxygen atoms in total. The molecule has 3 heteroatoms. The van der Waals surface area contributed by atoms with Crippen molar-refractivity contribution in [2.75, 3.05) is 19.0 Å². The van der Waals surface area contributed by atoms with E-state index in [9.17, 15) is 0 Å². The van der Waals surface area contributed by atoms with Gasteiger partial charge in [0.05, 0.1) is 7.11 Å². The maximum atomic E-state index is 5.78. The van der Waals surface area contributed by atoms with Gasteiger partial charge in [0, 0.05) is 12.2 Å². The first kappa shape index (κ1) is 12.3. The molecule has 2 aromatic rings. The normalized spacial score (nSPS) is 9.89. The summed E-state index contributed by atoms with van der Waals surface area (Å²) < 4.78 is 11.0. The minimum atomic E-state index is 0.719. The monoisotopic (exact) mass is 243 g/mol. The molecule has 2 rings (SSSR count). The van der Waals surface area contributed by atoms with Gasteiger partial charge in [-0.2, -0.15) is 0 Å². The molecule has 2 aromatic carbocycles. The molecule has 0 amide bonds. The van der Waals surface area contributed by atoms with E-state index in [1.54, 1.807) is 7.11 Å². The molecule has 0 aliphatic carbocycles. The highest BCUT2D eigenvalue weighted by atomic mass is 16.5. The molecule has 0 radical (unpaired) electrons. The second kappa shape index (κ2) is 5.96. The molecular weight excluding hydrogens is 226 g/mol. The molecule has 0 unspecified atom stereocenters. The second-order valence-corrected chi connectivity index (χ2v) is 3.81. The van der Waals surface area contributed by atoms with Crippen LogP contribution >= 0.6 is 0 Å². The van der Waals surface area contributed by atoms with Crippen molar-refractivity contribution < 1.29 is 9.47 Å². The predicted molar refractivity (Wildman–Crippen MR) is 73.7 cm³/mol. The van der Waals surface area contributed by atoms with Gasteiger partial charge in [0.25, 0.3) is 0 Å². The Labute approximate surface area is 107 Å². The molecule has 0 heterocycles. The second-order valence-electron chi connectivity index (χ2n) is 3.81. The van der Waals surface area contributed by atoms with Crippen molar-refractivity contribution in [3.8, 4) is 17.2 Å². The number of para-hydroxylation sites is 2. The summed E-state index contributed by atoms with van der Waals surface area (Å²) >= 11 is 0. The van der Waals surface area contributed by atoms with Gasteiger partial charge < -0.3 is 14.8 Å². The highest BCUT2D eigenvalue weighted by Crippen LogP contribution is 2.31. The molecule has 0 saturated heterocycles. The number of nitrogens with one attached hydrogen (secondary N) is 1. The first-order valence-corrected chi connectivity index (χ1v) is 5.98. The Hall–Kier alpha value is -2.16. The number of rotatable bonds is 5. The van der Waals surface area contributed by atoms with Crippen molar-refractivity contribution >= 4 is 5.69 Å². The third kappa shape index (κ3) is 2.94. The van der Waals surface area contributed by atoms with Crippen LogP contribution < -0.4 is 14.8 Å². The van der Waals surface area contributed by atoms with Crippen molar-refractivity contribution in [2.24, 2.45) is 0 Å². The fourth-order valence-electron chi connectivity index (χ4n) is 1.68. The van der Waals surface area contributed by atoms with E-state index in [1.165, 1.54) is 0 Å². The molecule has 0 aromatic heterocycles. The first-order valence-electron chi connectivity index (χ1n) is 5.98. The van der Waals surface area contributed by atoms with Gasteiger partial charge in [0.1, 0.15) is 5.75 Å². The molecule has 0 aliphatic rings. The van der Waals surface area contributed by atoms with Gasteiger partial charge in [0.15, 0.2) is 11.5 Å². The summed E-state index contributed by atoms with van der Waals surface area (Å²) in [5.74, 6) is 2.24.